The summed E-state index contributed by atoms with van der Waals surface area (Å²) in [6.07, 6.45) is 1.09. The van der Waals surface area contributed by atoms with Crippen LogP contribution in [0.4, 0.5) is 0 Å². The van der Waals surface area contributed by atoms with Crippen molar-refractivity contribution in [1.29, 1.82) is 0 Å². The van der Waals surface area contributed by atoms with E-state index in [0.29, 0.717) is 25.7 Å². The van der Waals surface area contributed by atoms with Crippen LogP contribution < -0.4 is 10.6 Å². The van der Waals surface area contributed by atoms with Crippen LogP contribution in [0.15, 0.2) is 46.8 Å². The molecule has 29 heavy (non-hydrogen) atoms. The molecule has 0 amide bonds. The van der Waals surface area contributed by atoms with E-state index in [9.17, 15) is 0 Å². The molecule has 0 bridgehead atoms. The summed E-state index contributed by atoms with van der Waals surface area (Å²) in [5.74, 6) is 1.38. The smallest absolute Gasteiger partial charge is 0.191 e. The van der Waals surface area contributed by atoms with Crippen LogP contribution in [0.2, 0.25) is 0 Å². The summed E-state index contributed by atoms with van der Waals surface area (Å²) >= 11 is 1.82. The summed E-state index contributed by atoms with van der Waals surface area (Å²) in [6, 6.07) is 12.7. The second-order valence-electron chi connectivity index (χ2n) is 6.76. The van der Waals surface area contributed by atoms with Crippen molar-refractivity contribution in [3.8, 4) is 0 Å². The molecular formula is C22H34IN3O2S. The molecule has 0 aliphatic rings. The molecule has 2 rings (SSSR count). The van der Waals surface area contributed by atoms with Gasteiger partial charge in [-0.05, 0) is 41.8 Å². The lowest BCUT2D eigenvalue weighted by atomic mass is 10.1. The Morgan fingerprint density at radius 3 is 2.62 bits per heavy atom. The van der Waals surface area contributed by atoms with Crippen LogP contribution in [0, 0.1) is 5.92 Å². The van der Waals surface area contributed by atoms with Gasteiger partial charge in [0.25, 0.3) is 0 Å². The molecule has 5 nitrogen and oxygen atoms in total. The van der Waals surface area contributed by atoms with Gasteiger partial charge >= 0.3 is 0 Å². The lowest BCUT2D eigenvalue weighted by Crippen LogP contribution is -2.39. The Labute approximate surface area is 196 Å². The number of nitrogens with one attached hydrogen (secondary N) is 2. The zero-order chi connectivity index (χ0) is 20.0. The first-order chi connectivity index (χ1) is 13.7. The average Bonchev–Trinajstić information content (AvgIpc) is 3.21. The fourth-order valence-corrected chi connectivity index (χ4v) is 3.67. The number of guanidine groups is 1. The molecule has 0 spiro atoms. The summed E-state index contributed by atoms with van der Waals surface area (Å²) in [5, 5.41) is 8.95. The Bertz CT molecular complexity index is 695. The predicted molar refractivity (Wildman–Crippen MR) is 133 cm³/mol. The highest BCUT2D eigenvalue weighted by Crippen LogP contribution is 2.13. The van der Waals surface area contributed by atoms with Crippen LogP contribution in [-0.2, 0) is 29.0 Å². The molecule has 1 aromatic heterocycles. The van der Waals surface area contributed by atoms with Crippen LogP contribution in [0.5, 0.6) is 0 Å². The zero-order valence-electron chi connectivity index (χ0n) is 17.6. The highest BCUT2D eigenvalue weighted by atomic mass is 127. The third-order valence-electron chi connectivity index (χ3n) is 4.27. The minimum Gasteiger partial charge on any atom is -0.379 e. The van der Waals surface area contributed by atoms with Gasteiger partial charge in [0, 0.05) is 31.6 Å². The van der Waals surface area contributed by atoms with Crippen molar-refractivity contribution in [1.82, 2.24) is 10.6 Å². The van der Waals surface area contributed by atoms with Gasteiger partial charge in [-0.1, -0.05) is 37.3 Å². The molecule has 7 heteroatoms. The quantitative estimate of drug-likeness (QED) is 0.184. The van der Waals surface area contributed by atoms with Crippen LogP contribution >= 0.6 is 35.3 Å². The van der Waals surface area contributed by atoms with Crippen molar-refractivity contribution < 1.29 is 9.47 Å². The number of hydrogen-bond donors (Lipinski definition) is 2. The van der Waals surface area contributed by atoms with E-state index in [2.05, 4.69) is 64.3 Å². The molecule has 0 aliphatic carbocycles. The van der Waals surface area contributed by atoms with Crippen molar-refractivity contribution in [3.63, 3.8) is 0 Å². The first kappa shape index (κ1) is 25.9. The van der Waals surface area contributed by atoms with Crippen molar-refractivity contribution in [3.05, 3.63) is 57.8 Å². The van der Waals surface area contributed by atoms with Crippen LogP contribution in [0.25, 0.3) is 0 Å². The Kier molecular flexibility index (Phi) is 14.0. The fraction of sp³-hybridized carbons (Fsp3) is 0.500. The van der Waals surface area contributed by atoms with Gasteiger partial charge in [-0.2, -0.15) is 0 Å². The van der Waals surface area contributed by atoms with E-state index in [1.165, 1.54) is 16.0 Å². The normalized spacial score (nSPS) is 12.3. The van der Waals surface area contributed by atoms with E-state index >= 15 is 0 Å². The number of thiophene rings is 1. The van der Waals surface area contributed by atoms with E-state index in [1.54, 1.807) is 0 Å². The monoisotopic (exact) mass is 531 g/mol. The molecule has 0 saturated heterocycles. The van der Waals surface area contributed by atoms with Gasteiger partial charge in [0.1, 0.15) is 0 Å². The fourth-order valence-electron chi connectivity index (χ4n) is 2.80. The van der Waals surface area contributed by atoms with E-state index in [0.717, 1.165) is 32.1 Å². The van der Waals surface area contributed by atoms with Crippen molar-refractivity contribution >= 4 is 41.3 Å². The molecule has 1 aromatic carbocycles. The summed E-state index contributed by atoms with van der Waals surface area (Å²) < 4.78 is 10.9. The largest absolute Gasteiger partial charge is 0.379 e. The topological polar surface area (TPSA) is 54.9 Å². The number of rotatable bonds is 12. The van der Waals surface area contributed by atoms with Crippen molar-refractivity contribution in [2.75, 3.05) is 33.4 Å². The maximum absolute atomic E-state index is 5.65. The van der Waals surface area contributed by atoms with Gasteiger partial charge in [-0.3, -0.25) is 4.99 Å². The average molecular weight is 532 g/mol. The van der Waals surface area contributed by atoms with Crippen molar-refractivity contribution in [2.45, 2.75) is 33.4 Å². The second kappa shape index (κ2) is 15.6. The molecule has 2 N–H and O–H groups in total. The van der Waals surface area contributed by atoms with Crippen LogP contribution in [0.1, 0.15) is 29.9 Å². The summed E-state index contributed by atoms with van der Waals surface area (Å²) in [5.41, 5.74) is 2.38. The Morgan fingerprint density at radius 1 is 1.10 bits per heavy atom. The number of nitrogens with zero attached hydrogens (tertiary/aromatic N) is 1. The Morgan fingerprint density at radius 2 is 1.90 bits per heavy atom. The van der Waals surface area contributed by atoms with E-state index in [4.69, 9.17) is 9.47 Å². The van der Waals surface area contributed by atoms with Gasteiger partial charge in [0.05, 0.1) is 19.8 Å². The summed E-state index contributed by atoms with van der Waals surface area (Å²) in [6.45, 7) is 8.47. The molecule has 162 valence electrons. The minimum atomic E-state index is 0. The molecular weight excluding hydrogens is 497 g/mol. The van der Waals surface area contributed by atoms with E-state index in [1.807, 2.05) is 25.3 Å². The Balaban J connectivity index is 0.00000420. The summed E-state index contributed by atoms with van der Waals surface area (Å²) in [7, 11) is 1.81. The number of hydrogen-bond acceptors (Lipinski definition) is 4. The lowest BCUT2D eigenvalue weighted by Gasteiger charge is -2.16. The SMILES string of the molecule is CCOCCOCc1cccc(CNC(=NC)NCC(C)Cc2cccs2)c1.I. The maximum atomic E-state index is 5.65. The predicted octanol–water partition coefficient (Wildman–Crippen LogP) is 4.46. The molecule has 1 heterocycles. The molecule has 1 unspecified atom stereocenters. The van der Waals surface area contributed by atoms with Gasteiger partial charge < -0.3 is 20.1 Å². The number of ether oxygens (including phenoxy) is 2. The van der Waals surface area contributed by atoms with Crippen molar-refractivity contribution in [2.24, 2.45) is 10.9 Å². The third kappa shape index (κ3) is 11.0. The molecule has 0 fully saturated rings. The van der Waals surface area contributed by atoms with E-state index < -0.39 is 0 Å². The molecule has 0 radical (unpaired) electrons. The standard InChI is InChI=1S/C22H33N3O2S.HI/c1-4-26-10-11-27-17-20-8-5-7-19(14-20)16-25-22(23-3)24-15-18(2)13-21-9-6-12-28-21;/h5-9,12,14,18H,4,10-11,13,15-17H2,1-3H3,(H2,23,24,25);1H. The molecule has 1 atom stereocenters. The van der Waals surface area contributed by atoms with Crippen LogP contribution in [-0.4, -0.2) is 39.4 Å². The summed E-state index contributed by atoms with van der Waals surface area (Å²) in [4.78, 5) is 5.76. The highest BCUT2D eigenvalue weighted by Gasteiger charge is 2.06. The first-order valence-electron chi connectivity index (χ1n) is 9.91. The number of halogens is 1. The minimum absolute atomic E-state index is 0. The second-order valence-corrected chi connectivity index (χ2v) is 7.80. The maximum Gasteiger partial charge on any atom is 0.191 e. The molecule has 0 saturated carbocycles. The highest BCUT2D eigenvalue weighted by molar-refractivity contribution is 14.0. The third-order valence-corrected chi connectivity index (χ3v) is 5.17. The van der Waals surface area contributed by atoms with E-state index in [-0.39, 0.29) is 24.0 Å². The van der Waals surface area contributed by atoms with Gasteiger partial charge in [-0.25, -0.2) is 0 Å². The molecule has 2 aromatic rings. The zero-order valence-corrected chi connectivity index (χ0v) is 20.8. The van der Waals surface area contributed by atoms with Gasteiger partial charge in [0.2, 0.25) is 0 Å². The van der Waals surface area contributed by atoms with Crippen LogP contribution in [0.3, 0.4) is 0 Å². The van der Waals surface area contributed by atoms with Gasteiger partial charge in [-0.15, -0.1) is 35.3 Å². The Hall–Kier alpha value is -1.16. The lowest BCUT2D eigenvalue weighted by molar-refractivity contribution is 0.0453. The molecule has 0 aliphatic heterocycles. The number of benzene rings is 1. The number of aliphatic imine (C=N–C) groups is 1. The van der Waals surface area contributed by atoms with Gasteiger partial charge in [0.15, 0.2) is 5.96 Å². The first-order valence-corrected chi connectivity index (χ1v) is 10.8.